The number of rotatable bonds is 3. The minimum atomic E-state index is 0.940. The molecule has 6 heteroatoms. The number of aromatic nitrogens is 2. The van der Waals surface area contributed by atoms with Crippen molar-refractivity contribution in [3.63, 3.8) is 0 Å². The van der Waals surface area contributed by atoms with Gasteiger partial charge in [-0.05, 0) is 25.7 Å². The van der Waals surface area contributed by atoms with E-state index in [2.05, 4.69) is 26.1 Å². The van der Waals surface area contributed by atoms with Crippen molar-refractivity contribution in [1.82, 2.24) is 15.3 Å². The molecule has 0 aromatic carbocycles. The minimum absolute atomic E-state index is 0.940. The van der Waals surface area contributed by atoms with Crippen molar-refractivity contribution in [3.05, 3.63) is 6.07 Å². The molecule has 4 rings (SSSR count). The van der Waals surface area contributed by atoms with Crippen LogP contribution in [0.4, 0.5) is 17.6 Å². The van der Waals surface area contributed by atoms with E-state index in [9.17, 15) is 0 Å². The molecule has 0 radical (unpaired) electrons. The van der Waals surface area contributed by atoms with Gasteiger partial charge >= 0.3 is 0 Å². The molecule has 3 fully saturated rings. The van der Waals surface area contributed by atoms with Crippen LogP contribution in [-0.2, 0) is 0 Å². The lowest BCUT2D eigenvalue weighted by Gasteiger charge is -2.30. The Morgan fingerprint density at radius 2 is 1.18 bits per heavy atom. The fourth-order valence-electron chi connectivity index (χ4n) is 3.63. The van der Waals surface area contributed by atoms with Crippen LogP contribution in [0.1, 0.15) is 25.7 Å². The van der Waals surface area contributed by atoms with Gasteiger partial charge in [0, 0.05) is 58.4 Å². The molecule has 6 nitrogen and oxygen atoms in total. The Bertz CT molecular complexity index is 467. The monoisotopic (exact) mass is 307 g/mol. The maximum atomic E-state index is 4.90. The lowest BCUT2D eigenvalue weighted by atomic mass is 10.4. The highest BCUT2D eigenvalue weighted by molar-refractivity contribution is 5.56. The van der Waals surface area contributed by atoms with Crippen LogP contribution in [0.3, 0.4) is 0 Å². The molecule has 4 heterocycles. The Morgan fingerprint density at radius 1 is 0.682 bits per heavy atom. The van der Waals surface area contributed by atoms with E-state index in [1.807, 2.05) is 0 Å². The van der Waals surface area contributed by atoms with E-state index in [1.165, 1.54) is 25.7 Å². The zero-order valence-electron chi connectivity index (χ0n) is 13.3. The maximum Gasteiger partial charge on any atom is 0.229 e. The molecule has 0 bridgehead atoms. The van der Waals surface area contributed by atoms with Gasteiger partial charge in [-0.25, -0.2) is 0 Å². The average Bonchev–Trinajstić information content (AvgIpc) is 3.29. The topological polar surface area (TPSA) is 47.5 Å². The summed E-state index contributed by atoms with van der Waals surface area (Å²) < 4.78 is 0. The van der Waals surface area contributed by atoms with Gasteiger partial charge < -0.3 is 20.0 Å². The fourth-order valence-corrected chi connectivity index (χ4v) is 3.63. The highest BCUT2D eigenvalue weighted by atomic mass is 16.0. The van der Waals surface area contributed by atoms with Gasteiger partial charge in [0.1, 0.15) is 11.6 Å². The Morgan fingerprint density at radius 3 is 1.77 bits per heavy atom. The summed E-state index contributed by atoms with van der Waals surface area (Å²) in [5.74, 6) is 3.18. The van der Waals surface area contributed by atoms with E-state index in [0.717, 1.165) is 69.9 Å². The molecule has 0 atom stereocenters. The van der Waals surface area contributed by atoms with Crippen molar-refractivity contribution in [2.75, 3.05) is 67.1 Å². The van der Waals surface area contributed by atoms with Crippen molar-refractivity contribution in [3.8, 4) is 0 Å². The Balaban J connectivity index is 1.65. The third-order valence-corrected chi connectivity index (χ3v) is 4.95. The second-order valence-corrected chi connectivity index (χ2v) is 6.51. The quantitative estimate of drug-likeness (QED) is 0.902. The van der Waals surface area contributed by atoms with E-state index >= 15 is 0 Å². The second kappa shape index (κ2) is 6.28. The first-order valence-electron chi connectivity index (χ1n) is 8.75. The molecular weight excluding hydrogens is 281 g/mol. The number of anilines is 3. The Kier molecular flexibility index (Phi) is 4.01. The molecule has 0 amide bonds. The highest BCUT2D eigenvalue weighted by Crippen LogP contribution is 2.27. The van der Waals surface area contributed by atoms with Gasteiger partial charge in [0.05, 0.1) is 0 Å². The molecule has 1 N–H and O–H groups in total. The van der Waals surface area contributed by atoms with E-state index < -0.39 is 0 Å². The van der Waals surface area contributed by atoms with Gasteiger partial charge in [-0.3, -0.25) is 0 Å². The second-order valence-electron chi connectivity index (χ2n) is 6.51. The number of hydrogen-bond acceptors (Lipinski definition) is 6. The molecule has 0 aliphatic carbocycles. The molecule has 3 saturated heterocycles. The highest BCUT2D eigenvalue weighted by Gasteiger charge is 2.22. The normalized spacial score (nSPS) is 22.6. The summed E-state index contributed by atoms with van der Waals surface area (Å²) >= 11 is 0. The fraction of sp³-hybridized carbons (Fsp3) is 0.750. The van der Waals surface area contributed by atoms with Crippen molar-refractivity contribution >= 4 is 17.6 Å². The van der Waals surface area contributed by atoms with Crippen LogP contribution < -0.4 is 20.0 Å². The first-order valence-corrected chi connectivity index (χ1v) is 8.75. The van der Waals surface area contributed by atoms with Crippen LogP contribution in [0.15, 0.2) is 6.07 Å². The van der Waals surface area contributed by atoms with Gasteiger partial charge in [0.2, 0.25) is 5.95 Å². The van der Waals surface area contributed by atoms with Crippen molar-refractivity contribution in [2.45, 2.75) is 25.7 Å². The van der Waals surface area contributed by atoms with Crippen molar-refractivity contribution in [1.29, 1.82) is 0 Å². The third-order valence-electron chi connectivity index (χ3n) is 4.95. The molecule has 1 aromatic rings. The molecule has 1 aromatic heterocycles. The standard InChI is InChI=1S/C16H26N6/c1-2-8-20(7-1)14-13-15(21-11-5-17-6-12-21)19-16(18-14)22-9-3-4-10-22/h13,17H,1-12H2/i14+1,15+1,16+1,18+1,19+1. The number of nitrogens with zero attached hydrogens (tertiary/aromatic N) is 5. The molecular formula is C16H26N6. The first kappa shape index (κ1) is 14.1. The SMILES string of the molecule is c1[13c](N2CCCC2)[15n][13c](N2CCCC2)[15n][13c]1N1CCNCC1. The molecule has 0 spiro atoms. The maximum absolute atomic E-state index is 4.90. The number of nitrogens with one attached hydrogen (secondary N) is 1. The van der Waals surface area contributed by atoms with E-state index in [1.54, 1.807) is 0 Å². The summed E-state index contributed by atoms with van der Waals surface area (Å²) in [7, 11) is 0. The summed E-state index contributed by atoms with van der Waals surface area (Å²) in [5.41, 5.74) is 0. The smallest absolute Gasteiger partial charge is 0.229 e. The van der Waals surface area contributed by atoms with Crippen LogP contribution in [0.25, 0.3) is 0 Å². The lowest BCUT2D eigenvalue weighted by molar-refractivity contribution is 0.584. The van der Waals surface area contributed by atoms with Gasteiger partial charge in [-0.1, -0.05) is 0 Å². The van der Waals surface area contributed by atoms with E-state index in [4.69, 9.17) is 9.97 Å². The predicted molar refractivity (Wildman–Crippen MR) is 90.0 cm³/mol. The van der Waals surface area contributed by atoms with Crippen LogP contribution in [0, 0.1) is 0 Å². The summed E-state index contributed by atoms with van der Waals surface area (Å²) in [6.07, 6.45) is 5.10. The van der Waals surface area contributed by atoms with Crippen LogP contribution in [-0.4, -0.2) is 62.3 Å². The Hall–Kier alpha value is -1.56. The summed E-state index contributed by atoms with van der Waals surface area (Å²) in [6.45, 7) is 8.64. The van der Waals surface area contributed by atoms with Gasteiger partial charge in [-0.15, -0.1) is 0 Å². The first-order chi connectivity index (χ1) is 10.9. The van der Waals surface area contributed by atoms with Gasteiger partial charge in [0.25, 0.3) is 0 Å². The molecule has 0 saturated carbocycles. The van der Waals surface area contributed by atoms with Crippen molar-refractivity contribution < 1.29 is 0 Å². The number of hydrogen-bond donors (Lipinski definition) is 1. The minimum Gasteiger partial charge on any atom is -0.356 e. The van der Waals surface area contributed by atoms with E-state index in [0.29, 0.717) is 0 Å². The summed E-state index contributed by atoms with van der Waals surface area (Å²) in [5, 5.41) is 3.42. The largest absolute Gasteiger partial charge is 0.356 e. The van der Waals surface area contributed by atoms with E-state index in [-0.39, 0.29) is 0 Å². The Labute approximate surface area is 132 Å². The predicted octanol–water partition coefficient (Wildman–Crippen LogP) is 1.09. The van der Waals surface area contributed by atoms with Gasteiger partial charge in [0.15, 0.2) is 0 Å². The van der Waals surface area contributed by atoms with Crippen molar-refractivity contribution in [2.24, 2.45) is 0 Å². The van der Waals surface area contributed by atoms with Crippen LogP contribution in [0.5, 0.6) is 0 Å². The van der Waals surface area contributed by atoms with Crippen LogP contribution in [0.2, 0.25) is 0 Å². The average molecular weight is 307 g/mol. The summed E-state index contributed by atoms with van der Waals surface area (Å²) in [6, 6.07) is 2.20. The molecule has 0 unspecified atom stereocenters. The third kappa shape index (κ3) is 2.84. The van der Waals surface area contributed by atoms with Gasteiger partial charge in [-0.2, -0.15) is 9.97 Å². The lowest BCUT2D eigenvalue weighted by Crippen LogP contribution is -2.44. The molecule has 120 valence electrons. The molecule has 3 aliphatic rings. The molecule has 3 aliphatic heterocycles. The van der Waals surface area contributed by atoms with Crippen LogP contribution >= 0.6 is 0 Å². The zero-order chi connectivity index (χ0) is 14.8. The molecule has 22 heavy (non-hydrogen) atoms. The number of piperazine rings is 1. The zero-order valence-corrected chi connectivity index (χ0v) is 13.3. The summed E-state index contributed by atoms with van der Waals surface area (Å²) in [4.78, 5) is 17.0.